The standard InChI is InChI=1S/C9H10BrNO/c1-7(12)9(10)5-8-3-2-4-11-6-8/h2-4,6,9H,5H2,1H3. The Hall–Kier alpha value is -0.700. The van der Waals surface area contributed by atoms with Crippen molar-refractivity contribution in [2.75, 3.05) is 0 Å². The topological polar surface area (TPSA) is 30.0 Å². The number of ketones is 1. The summed E-state index contributed by atoms with van der Waals surface area (Å²) in [7, 11) is 0. The van der Waals surface area contributed by atoms with Gasteiger partial charge in [0.05, 0.1) is 4.83 Å². The summed E-state index contributed by atoms with van der Waals surface area (Å²) in [5, 5.41) is 0. The van der Waals surface area contributed by atoms with Crippen LogP contribution in [0.5, 0.6) is 0 Å². The number of nitrogens with zero attached hydrogens (tertiary/aromatic N) is 1. The summed E-state index contributed by atoms with van der Waals surface area (Å²) in [5.41, 5.74) is 1.08. The molecule has 64 valence electrons. The van der Waals surface area contributed by atoms with Crippen LogP contribution >= 0.6 is 15.9 Å². The second kappa shape index (κ2) is 4.36. The zero-order valence-corrected chi connectivity index (χ0v) is 8.41. The molecule has 0 aliphatic heterocycles. The molecule has 1 aromatic rings. The predicted octanol–water partition coefficient (Wildman–Crippen LogP) is 1.98. The average molecular weight is 228 g/mol. The number of Topliss-reactive ketones (excluding diaryl/α,β-unsaturated/α-hetero) is 1. The second-order valence-electron chi connectivity index (χ2n) is 2.64. The fourth-order valence-electron chi connectivity index (χ4n) is 0.870. The Balaban J connectivity index is 2.58. The zero-order valence-electron chi connectivity index (χ0n) is 6.83. The van der Waals surface area contributed by atoms with E-state index >= 15 is 0 Å². The first kappa shape index (κ1) is 9.39. The molecular formula is C9H10BrNO. The number of hydrogen-bond donors (Lipinski definition) is 0. The molecule has 0 saturated heterocycles. The molecule has 12 heavy (non-hydrogen) atoms. The van der Waals surface area contributed by atoms with E-state index in [1.807, 2.05) is 12.1 Å². The van der Waals surface area contributed by atoms with Crippen molar-refractivity contribution < 1.29 is 4.79 Å². The van der Waals surface area contributed by atoms with Crippen molar-refractivity contribution in [3.8, 4) is 0 Å². The summed E-state index contributed by atoms with van der Waals surface area (Å²) in [4.78, 5) is 14.8. The molecule has 1 aromatic heterocycles. The Kier molecular flexibility index (Phi) is 3.41. The van der Waals surface area contributed by atoms with Crippen LogP contribution in [0, 0.1) is 0 Å². The molecule has 1 rings (SSSR count). The largest absolute Gasteiger partial charge is 0.299 e. The van der Waals surface area contributed by atoms with Crippen molar-refractivity contribution >= 4 is 21.7 Å². The smallest absolute Gasteiger partial charge is 0.143 e. The van der Waals surface area contributed by atoms with Crippen LogP contribution in [0.25, 0.3) is 0 Å². The van der Waals surface area contributed by atoms with Crippen LogP contribution in [0.3, 0.4) is 0 Å². The Labute approximate surface area is 80.1 Å². The molecule has 0 amide bonds. The fourth-order valence-corrected chi connectivity index (χ4v) is 1.24. The third-order valence-corrected chi connectivity index (χ3v) is 2.55. The van der Waals surface area contributed by atoms with Crippen molar-refractivity contribution in [2.24, 2.45) is 0 Å². The summed E-state index contributed by atoms with van der Waals surface area (Å²) in [5.74, 6) is 0.152. The first-order valence-electron chi connectivity index (χ1n) is 3.73. The Bertz CT molecular complexity index is 260. The predicted molar refractivity (Wildman–Crippen MR) is 51.3 cm³/mol. The van der Waals surface area contributed by atoms with Gasteiger partial charge in [0.15, 0.2) is 0 Å². The van der Waals surface area contributed by atoms with Gasteiger partial charge in [-0.2, -0.15) is 0 Å². The molecule has 0 spiro atoms. The van der Waals surface area contributed by atoms with Crippen LogP contribution in [0.1, 0.15) is 12.5 Å². The molecular weight excluding hydrogens is 218 g/mol. The van der Waals surface area contributed by atoms with Crippen molar-refractivity contribution in [2.45, 2.75) is 18.2 Å². The molecule has 0 N–H and O–H groups in total. The van der Waals surface area contributed by atoms with Gasteiger partial charge in [0.25, 0.3) is 0 Å². The highest BCUT2D eigenvalue weighted by atomic mass is 79.9. The van der Waals surface area contributed by atoms with E-state index in [1.54, 1.807) is 19.3 Å². The third-order valence-electron chi connectivity index (χ3n) is 1.58. The Morgan fingerprint density at radius 3 is 3.00 bits per heavy atom. The number of pyridine rings is 1. The summed E-state index contributed by atoms with van der Waals surface area (Å²) in [6, 6.07) is 3.83. The highest BCUT2D eigenvalue weighted by Gasteiger charge is 2.09. The number of alkyl halides is 1. The van der Waals surface area contributed by atoms with Gasteiger partial charge in [0.1, 0.15) is 5.78 Å². The first-order valence-corrected chi connectivity index (χ1v) is 4.65. The lowest BCUT2D eigenvalue weighted by molar-refractivity contribution is -0.116. The van der Waals surface area contributed by atoms with Crippen molar-refractivity contribution in [3.05, 3.63) is 30.1 Å². The molecule has 1 atom stereocenters. The molecule has 0 aliphatic carbocycles. The van der Waals surface area contributed by atoms with Gasteiger partial charge >= 0.3 is 0 Å². The number of aromatic nitrogens is 1. The van der Waals surface area contributed by atoms with E-state index in [0.717, 1.165) is 5.56 Å². The third kappa shape index (κ3) is 2.74. The number of halogens is 1. The maximum Gasteiger partial charge on any atom is 0.143 e. The lowest BCUT2D eigenvalue weighted by atomic mass is 10.1. The van der Waals surface area contributed by atoms with Gasteiger partial charge < -0.3 is 0 Å². The van der Waals surface area contributed by atoms with E-state index in [4.69, 9.17) is 0 Å². The number of rotatable bonds is 3. The normalized spacial score (nSPS) is 12.5. The van der Waals surface area contributed by atoms with Gasteiger partial charge in [-0.1, -0.05) is 22.0 Å². The lowest BCUT2D eigenvalue weighted by Crippen LogP contribution is -2.12. The molecule has 1 unspecified atom stereocenters. The van der Waals surface area contributed by atoms with Crippen LogP contribution in [0.2, 0.25) is 0 Å². The summed E-state index contributed by atoms with van der Waals surface area (Å²) in [6.45, 7) is 1.58. The molecule has 1 heterocycles. The van der Waals surface area contributed by atoms with Crippen molar-refractivity contribution in [1.82, 2.24) is 4.98 Å². The minimum atomic E-state index is -0.0818. The van der Waals surface area contributed by atoms with Gasteiger partial charge in [-0.15, -0.1) is 0 Å². The van der Waals surface area contributed by atoms with Crippen LogP contribution in [0.15, 0.2) is 24.5 Å². The van der Waals surface area contributed by atoms with Gasteiger partial charge in [0, 0.05) is 12.4 Å². The Morgan fingerprint density at radius 1 is 1.75 bits per heavy atom. The van der Waals surface area contributed by atoms with Gasteiger partial charge in [-0.05, 0) is 25.0 Å². The molecule has 0 bridgehead atoms. The van der Waals surface area contributed by atoms with Crippen LogP contribution in [-0.4, -0.2) is 15.6 Å². The molecule has 0 radical (unpaired) electrons. The number of carbonyl (C=O) groups excluding carboxylic acids is 1. The van der Waals surface area contributed by atoms with Gasteiger partial charge in [-0.3, -0.25) is 9.78 Å². The van der Waals surface area contributed by atoms with Crippen molar-refractivity contribution in [1.29, 1.82) is 0 Å². The maximum absolute atomic E-state index is 10.9. The minimum absolute atomic E-state index is 0.0818. The maximum atomic E-state index is 10.9. The fraction of sp³-hybridized carbons (Fsp3) is 0.333. The molecule has 0 aliphatic rings. The molecule has 0 aromatic carbocycles. The van der Waals surface area contributed by atoms with E-state index in [2.05, 4.69) is 20.9 Å². The zero-order chi connectivity index (χ0) is 8.97. The molecule has 0 fully saturated rings. The van der Waals surface area contributed by atoms with E-state index in [1.165, 1.54) is 0 Å². The lowest BCUT2D eigenvalue weighted by Gasteiger charge is -2.04. The van der Waals surface area contributed by atoms with Gasteiger partial charge in [0.2, 0.25) is 0 Å². The van der Waals surface area contributed by atoms with Crippen LogP contribution in [0.4, 0.5) is 0 Å². The summed E-state index contributed by atoms with van der Waals surface area (Å²) in [6.07, 6.45) is 4.21. The minimum Gasteiger partial charge on any atom is -0.299 e. The SMILES string of the molecule is CC(=O)C(Br)Cc1cccnc1. The second-order valence-corrected chi connectivity index (χ2v) is 3.75. The Morgan fingerprint density at radius 2 is 2.50 bits per heavy atom. The first-order chi connectivity index (χ1) is 5.70. The summed E-state index contributed by atoms with van der Waals surface area (Å²) < 4.78 is 0. The average Bonchev–Trinajstić information content (AvgIpc) is 2.06. The van der Waals surface area contributed by atoms with E-state index in [0.29, 0.717) is 6.42 Å². The highest BCUT2D eigenvalue weighted by molar-refractivity contribution is 9.10. The summed E-state index contributed by atoms with van der Waals surface area (Å²) >= 11 is 3.30. The van der Waals surface area contributed by atoms with Gasteiger partial charge in [-0.25, -0.2) is 0 Å². The van der Waals surface area contributed by atoms with Crippen LogP contribution < -0.4 is 0 Å². The van der Waals surface area contributed by atoms with Crippen molar-refractivity contribution in [3.63, 3.8) is 0 Å². The van der Waals surface area contributed by atoms with E-state index in [-0.39, 0.29) is 10.6 Å². The molecule has 2 nitrogen and oxygen atoms in total. The number of carbonyl (C=O) groups is 1. The monoisotopic (exact) mass is 227 g/mol. The highest BCUT2D eigenvalue weighted by Crippen LogP contribution is 2.09. The number of hydrogen-bond acceptors (Lipinski definition) is 2. The molecule has 0 saturated carbocycles. The van der Waals surface area contributed by atoms with E-state index < -0.39 is 0 Å². The van der Waals surface area contributed by atoms with Crippen LogP contribution in [-0.2, 0) is 11.2 Å². The molecule has 3 heteroatoms. The van der Waals surface area contributed by atoms with E-state index in [9.17, 15) is 4.79 Å². The quantitative estimate of drug-likeness (QED) is 0.740.